The topological polar surface area (TPSA) is 105 Å². The molecule has 0 radical (unpaired) electrons. The summed E-state index contributed by atoms with van der Waals surface area (Å²) in [6.45, 7) is 7.81. The summed E-state index contributed by atoms with van der Waals surface area (Å²) >= 11 is 5.53. The molecule has 0 fully saturated rings. The predicted molar refractivity (Wildman–Crippen MR) is 116 cm³/mol. The van der Waals surface area contributed by atoms with Crippen LogP contribution in [0, 0.1) is 27.7 Å². The van der Waals surface area contributed by atoms with Crippen molar-refractivity contribution < 1.29 is 13.0 Å². The van der Waals surface area contributed by atoms with Crippen molar-refractivity contribution in [2.75, 3.05) is 12.4 Å². The zero-order chi connectivity index (χ0) is 22.0. The molecule has 156 valence electrons. The Kier molecular flexibility index (Phi) is 9.67. The van der Waals surface area contributed by atoms with E-state index in [1.807, 2.05) is 6.92 Å². The SMILES string of the molecule is CNc1nc(C)nc(Cl)n1.Cc1ccc(S(=O)(=O)O)cc1.Cc1cccc(C)c1. The first-order chi connectivity index (χ1) is 13.5. The summed E-state index contributed by atoms with van der Waals surface area (Å²) in [5.74, 6) is 1.11. The van der Waals surface area contributed by atoms with Crippen LogP contribution in [0.15, 0.2) is 53.4 Å². The van der Waals surface area contributed by atoms with Crippen LogP contribution in [-0.4, -0.2) is 35.0 Å². The summed E-state index contributed by atoms with van der Waals surface area (Å²) < 4.78 is 29.6. The van der Waals surface area contributed by atoms with Crippen LogP contribution in [0.1, 0.15) is 22.5 Å². The molecule has 2 N–H and O–H groups in total. The van der Waals surface area contributed by atoms with Crippen LogP contribution in [0.3, 0.4) is 0 Å². The lowest BCUT2D eigenvalue weighted by Gasteiger charge is -1.97. The fraction of sp³-hybridized carbons (Fsp3) is 0.250. The van der Waals surface area contributed by atoms with Crippen LogP contribution in [0.5, 0.6) is 0 Å². The average molecular weight is 437 g/mol. The summed E-state index contributed by atoms with van der Waals surface area (Å²) in [6.07, 6.45) is 0. The molecular weight excluding hydrogens is 412 g/mol. The van der Waals surface area contributed by atoms with E-state index in [4.69, 9.17) is 16.2 Å². The Morgan fingerprint density at radius 2 is 1.41 bits per heavy atom. The van der Waals surface area contributed by atoms with Crippen LogP contribution < -0.4 is 5.32 Å². The highest BCUT2D eigenvalue weighted by Crippen LogP contribution is 2.08. The van der Waals surface area contributed by atoms with Crippen molar-refractivity contribution in [2.24, 2.45) is 0 Å². The van der Waals surface area contributed by atoms with Gasteiger partial charge in [0.25, 0.3) is 10.1 Å². The highest BCUT2D eigenvalue weighted by atomic mass is 35.5. The zero-order valence-corrected chi connectivity index (χ0v) is 18.6. The van der Waals surface area contributed by atoms with Crippen LogP contribution in [0.25, 0.3) is 0 Å². The molecule has 9 heteroatoms. The van der Waals surface area contributed by atoms with E-state index >= 15 is 0 Å². The molecule has 29 heavy (non-hydrogen) atoms. The molecule has 0 bridgehead atoms. The largest absolute Gasteiger partial charge is 0.357 e. The Morgan fingerprint density at radius 3 is 1.79 bits per heavy atom. The smallest absolute Gasteiger partial charge is 0.294 e. The summed E-state index contributed by atoms with van der Waals surface area (Å²) in [6, 6.07) is 14.4. The van der Waals surface area contributed by atoms with E-state index in [2.05, 4.69) is 58.4 Å². The molecule has 1 heterocycles. The first-order valence-electron chi connectivity index (χ1n) is 8.64. The lowest BCUT2D eigenvalue weighted by molar-refractivity contribution is 0.483. The minimum Gasteiger partial charge on any atom is -0.357 e. The molecule has 3 aromatic rings. The van der Waals surface area contributed by atoms with Gasteiger partial charge in [-0.1, -0.05) is 53.1 Å². The molecule has 0 saturated carbocycles. The maximum Gasteiger partial charge on any atom is 0.294 e. The lowest BCUT2D eigenvalue weighted by Crippen LogP contribution is -1.99. The van der Waals surface area contributed by atoms with Crippen molar-refractivity contribution >= 4 is 27.7 Å². The zero-order valence-electron chi connectivity index (χ0n) is 17.0. The number of aryl methyl sites for hydroxylation is 4. The average Bonchev–Trinajstić information content (AvgIpc) is 2.61. The summed E-state index contributed by atoms with van der Waals surface area (Å²) in [7, 11) is -2.29. The van der Waals surface area contributed by atoms with E-state index in [1.165, 1.54) is 23.3 Å². The molecule has 0 aliphatic heterocycles. The van der Waals surface area contributed by atoms with Crippen LogP contribution in [0.2, 0.25) is 5.28 Å². The Balaban J connectivity index is 0.000000220. The second-order valence-corrected chi connectivity index (χ2v) is 7.93. The van der Waals surface area contributed by atoms with E-state index < -0.39 is 10.1 Å². The van der Waals surface area contributed by atoms with E-state index in [0.29, 0.717) is 11.8 Å². The van der Waals surface area contributed by atoms with Gasteiger partial charge in [0.15, 0.2) is 0 Å². The fourth-order valence-corrected chi connectivity index (χ4v) is 2.76. The van der Waals surface area contributed by atoms with E-state index in [-0.39, 0.29) is 10.2 Å². The van der Waals surface area contributed by atoms with Crippen molar-refractivity contribution in [1.82, 2.24) is 15.0 Å². The Bertz CT molecular complexity index is 989. The highest BCUT2D eigenvalue weighted by Gasteiger charge is 2.06. The van der Waals surface area contributed by atoms with E-state index in [1.54, 1.807) is 26.1 Å². The van der Waals surface area contributed by atoms with Gasteiger partial charge >= 0.3 is 0 Å². The normalized spacial score (nSPS) is 10.2. The summed E-state index contributed by atoms with van der Waals surface area (Å²) in [4.78, 5) is 11.4. The number of rotatable bonds is 2. The molecule has 3 rings (SSSR count). The molecule has 1 aromatic heterocycles. The second-order valence-electron chi connectivity index (χ2n) is 6.17. The third-order valence-corrected chi connectivity index (χ3v) is 4.47. The van der Waals surface area contributed by atoms with Gasteiger partial charge in [0.05, 0.1) is 4.90 Å². The van der Waals surface area contributed by atoms with Gasteiger partial charge in [-0.2, -0.15) is 18.4 Å². The monoisotopic (exact) mass is 436 g/mol. The van der Waals surface area contributed by atoms with Gasteiger partial charge in [0.2, 0.25) is 11.2 Å². The van der Waals surface area contributed by atoms with Gasteiger partial charge < -0.3 is 5.32 Å². The van der Waals surface area contributed by atoms with Crippen LogP contribution in [-0.2, 0) is 10.1 Å². The molecule has 0 atom stereocenters. The number of anilines is 1. The molecule has 0 saturated heterocycles. The third kappa shape index (κ3) is 9.98. The molecular formula is C20H25ClN4O3S. The third-order valence-electron chi connectivity index (χ3n) is 3.44. The van der Waals surface area contributed by atoms with Gasteiger partial charge in [-0.15, -0.1) is 0 Å². The minimum absolute atomic E-state index is 0.0666. The number of hydrogen-bond donors (Lipinski definition) is 2. The van der Waals surface area contributed by atoms with Crippen LogP contribution in [0.4, 0.5) is 5.95 Å². The van der Waals surface area contributed by atoms with Gasteiger partial charge in [0.1, 0.15) is 5.82 Å². The van der Waals surface area contributed by atoms with Crippen molar-refractivity contribution in [2.45, 2.75) is 32.6 Å². The molecule has 0 aliphatic carbocycles. The van der Waals surface area contributed by atoms with Crippen LogP contribution >= 0.6 is 11.6 Å². The fourth-order valence-electron chi connectivity index (χ4n) is 2.08. The minimum atomic E-state index is -4.02. The molecule has 0 amide bonds. The van der Waals surface area contributed by atoms with Crippen molar-refractivity contribution in [3.05, 3.63) is 76.3 Å². The van der Waals surface area contributed by atoms with E-state index in [9.17, 15) is 8.42 Å². The summed E-state index contributed by atoms with van der Waals surface area (Å²) in [5.41, 5.74) is 3.63. The number of hydrogen-bond acceptors (Lipinski definition) is 6. The van der Waals surface area contributed by atoms with Crippen molar-refractivity contribution in [3.63, 3.8) is 0 Å². The molecule has 7 nitrogen and oxygen atoms in total. The van der Waals surface area contributed by atoms with Crippen molar-refractivity contribution in [3.8, 4) is 0 Å². The lowest BCUT2D eigenvalue weighted by atomic mass is 10.2. The Morgan fingerprint density at radius 1 is 0.862 bits per heavy atom. The molecule has 0 unspecified atom stereocenters. The Hall–Kier alpha value is -2.55. The molecule has 0 aliphatic rings. The first kappa shape index (κ1) is 24.5. The standard InChI is InChI=1S/C8H10.C7H8O3S.C5H7ClN4/c1-7-4-3-5-8(2)6-7;1-6-2-4-7(5-3-6)11(8,9)10;1-3-8-4(6)10-5(7-2)9-3/h3-6H,1-2H3;2-5H,1H3,(H,8,9,10);1-2H3,(H,7,8,9,10). The predicted octanol–water partition coefficient (Wildman–Crippen LogP) is 4.42. The summed E-state index contributed by atoms with van der Waals surface area (Å²) in [5, 5.41) is 2.98. The van der Waals surface area contributed by atoms with Gasteiger partial charge in [-0.05, 0) is 51.4 Å². The van der Waals surface area contributed by atoms with Gasteiger partial charge in [-0.25, -0.2) is 4.98 Å². The quantitative estimate of drug-likeness (QED) is 0.572. The number of nitrogens with zero attached hydrogens (tertiary/aromatic N) is 3. The van der Waals surface area contributed by atoms with Crippen molar-refractivity contribution in [1.29, 1.82) is 0 Å². The van der Waals surface area contributed by atoms with Gasteiger partial charge in [0, 0.05) is 7.05 Å². The number of aromatic nitrogens is 3. The maximum absolute atomic E-state index is 10.5. The Labute approximate surface area is 177 Å². The van der Waals surface area contributed by atoms with E-state index in [0.717, 1.165) is 5.56 Å². The first-order valence-corrected chi connectivity index (χ1v) is 10.5. The molecule has 2 aromatic carbocycles. The number of nitrogens with one attached hydrogen (secondary N) is 1. The highest BCUT2D eigenvalue weighted by molar-refractivity contribution is 7.85. The molecule has 0 spiro atoms. The second kappa shape index (κ2) is 11.5. The number of benzene rings is 2. The van der Waals surface area contributed by atoms with Gasteiger partial charge in [-0.3, -0.25) is 4.55 Å². The number of halogens is 1. The maximum atomic E-state index is 10.5.